The molecule has 276 valence electrons. The van der Waals surface area contributed by atoms with E-state index in [2.05, 4.69) is 16.0 Å². The highest BCUT2D eigenvalue weighted by Crippen LogP contribution is 2.42. The van der Waals surface area contributed by atoms with Gasteiger partial charge in [0.1, 0.15) is 12.1 Å². The second kappa shape index (κ2) is 17.1. The molecular formula is C39H51N3O8S. The summed E-state index contributed by atoms with van der Waals surface area (Å²) in [7, 11) is -4.31. The molecule has 11 nitrogen and oxygen atoms in total. The highest BCUT2D eigenvalue weighted by molar-refractivity contribution is 7.95. The molecule has 2 aromatic rings. The molecular weight excluding hydrogens is 671 g/mol. The summed E-state index contributed by atoms with van der Waals surface area (Å²) in [5.41, 5.74) is 0.754. The monoisotopic (exact) mass is 721 g/mol. The van der Waals surface area contributed by atoms with Gasteiger partial charge < -0.3 is 25.8 Å². The van der Waals surface area contributed by atoms with E-state index in [4.69, 9.17) is 4.74 Å². The summed E-state index contributed by atoms with van der Waals surface area (Å²) in [5, 5.41) is 18.7. The molecule has 0 spiro atoms. The molecule has 51 heavy (non-hydrogen) atoms. The lowest BCUT2D eigenvalue weighted by Crippen LogP contribution is -2.61. The van der Waals surface area contributed by atoms with Crippen LogP contribution in [0.25, 0.3) is 0 Å². The van der Waals surface area contributed by atoms with Gasteiger partial charge in [0.25, 0.3) is 0 Å². The van der Waals surface area contributed by atoms with Crippen LogP contribution in [0.3, 0.4) is 0 Å². The van der Waals surface area contributed by atoms with Crippen molar-refractivity contribution < 1.29 is 37.4 Å². The number of benzene rings is 2. The molecule has 1 aliphatic rings. The number of aliphatic carboxylic acids is 1. The maximum atomic E-state index is 14.3. The molecule has 0 radical (unpaired) electrons. The molecule has 0 saturated heterocycles. The number of rotatable bonds is 15. The van der Waals surface area contributed by atoms with E-state index < -0.39 is 72.7 Å². The fourth-order valence-corrected chi connectivity index (χ4v) is 8.04. The summed E-state index contributed by atoms with van der Waals surface area (Å²) >= 11 is 0. The van der Waals surface area contributed by atoms with Crippen LogP contribution in [0.4, 0.5) is 0 Å². The molecule has 2 aromatic carbocycles. The Morgan fingerprint density at radius 2 is 1.33 bits per heavy atom. The lowest BCUT2D eigenvalue weighted by molar-refractivity contribution is -0.142. The van der Waals surface area contributed by atoms with Crippen LogP contribution in [-0.2, 0) is 46.6 Å². The summed E-state index contributed by atoms with van der Waals surface area (Å²) in [6, 6.07) is 14.3. The zero-order chi connectivity index (χ0) is 38.0. The van der Waals surface area contributed by atoms with Crippen LogP contribution in [0, 0.1) is 5.92 Å². The van der Waals surface area contributed by atoms with Gasteiger partial charge in [0.05, 0.1) is 17.1 Å². The second-order valence-corrected chi connectivity index (χ2v) is 17.6. The third kappa shape index (κ3) is 10.5. The highest BCUT2D eigenvalue weighted by Gasteiger charge is 2.60. The van der Waals surface area contributed by atoms with Crippen molar-refractivity contribution in [2.75, 3.05) is 0 Å². The van der Waals surface area contributed by atoms with E-state index >= 15 is 0 Å². The van der Waals surface area contributed by atoms with Crippen molar-refractivity contribution in [2.24, 2.45) is 5.92 Å². The zero-order valence-electron chi connectivity index (χ0n) is 30.4. The Balaban J connectivity index is 2.03. The van der Waals surface area contributed by atoms with E-state index in [1.165, 1.54) is 39.0 Å². The molecule has 0 heterocycles. The number of carboxylic acids is 1. The molecule has 0 fully saturated rings. The lowest BCUT2D eigenvalue weighted by atomic mass is 9.82. The van der Waals surface area contributed by atoms with Gasteiger partial charge in [-0.1, -0.05) is 91.0 Å². The number of allylic oxidation sites excluding steroid dienone is 4. The molecule has 3 rings (SSSR count). The molecule has 2 unspecified atom stereocenters. The predicted molar refractivity (Wildman–Crippen MR) is 197 cm³/mol. The van der Waals surface area contributed by atoms with Crippen LogP contribution in [-0.4, -0.2) is 70.4 Å². The molecule has 0 saturated carbocycles. The number of carbonyl (C=O) groups is 4. The molecule has 1 aliphatic carbocycles. The number of carbonyl (C=O) groups excluding carboxylic acids is 3. The number of sulfone groups is 1. The number of ether oxygens (including phenoxy) is 1. The average molecular weight is 722 g/mol. The Morgan fingerprint density at radius 3 is 1.82 bits per heavy atom. The normalized spacial score (nSPS) is 19.5. The molecule has 5 atom stereocenters. The average Bonchev–Trinajstić information content (AvgIpc) is 3.06. The van der Waals surface area contributed by atoms with E-state index in [9.17, 15) is 32.7 Å². The number of esters is 1. The van der Waals surface area contributed by atoms with Gasteiger partial charge in [-0.25, -0.2) is 18.0 Å². The number of carboxylic acid groups (broad SMARTS) is 1. The van der Waals surface area contributed by atoms with E-state index in [-0.39, 0.29) is 19.3 Å². The third-order valence-corrected chi connectivity index (χ3v) is 11.6. The summed E-state index contributed by atoms with van der Waals surface area (Å²) < 4.78 is 30.4. The fourth-order valence-electron chi connectivity index (χ4n) is 5.93. The number of nitrogens with one attached hydrogen (secondary N) is 3. The van der Waals surface area contributed by atoms with Crippen molar-refractivity contribution in [1.29, 1.82) is 0 Å². The van der Waals surface area contributed by atoms with Gasteiger partial charge in [0.15, 0.2) is 14.6 Å². The van der Waals surface area contributed by atoms with Gasteiger partial charge in [0.2, 0.25) is 11.8 Å². The first-order valence-corrected chi connectivity index (χ1v) is 18.4. The quantitative estimate of drug-likeness (QED) is 0.154. The van der Waals surface area contributed by atoms with Crippen LogP contribution in [0.1, 0.15) is 66.0 Å². The molecule has 0 aromatic heterocycles. The van der Waals surface area contributed by atoms with E-state index in [0.717, 1.165) is 11.8 Å². The summed E-state index contributed by atoms with van der Waals surface area (Å²) in [5.74, 6) is -4.63. The number of amides is 2. The van der Waals surface area contributed by atoms with Crippen molar-refractivity contribution >= 4 is 33.6 Å². The number of hydrogen-bond donors (Lipinski definition) is 4. The van der Waals surface area contributed by atoms with Gasteiger partial charge in [-0.15, -0.1) is 0 Å². The summed E-state index contributed by atoms with van der Waals surface area (Å²) in [4.78, 5) is 54.2. The Morgan fingerprint density at radius 1 is 0.824 bits per heavy atom. The highest BCUT2D eigenvalue weighted by atomic mass is 32.2. The fraction of sp³-hybridized carbons (Fsp3) is 0.436. The Labute approximate surface area is 301 Å². The summed E-state index contributed by atoms with van der Waals surface area (Å²) in [6.07, 6.45) is 8.50. The maximum absolute atomic E-state index is 14.3. The van der Waals surface area contributed by atoms with Crippen molar-refractivity contribution in [1.82, 2.24) is 16.0 Å². The second-order valence-electron chi connectivity index (χ2n) is 14.7. The first kappa shape index (κ1) is 40.9. The van der Waals surface area contributed by atoms with Gasteiger partial charge >= 0.3 is 11.9 Å². The van der Waals surface area contributed by atoms with Gasteiger partial charge in [-0.05, 0) is 66.0 Å². The maximum Gasteiger partial charge on any atom is 0.336 e. The van der Waals surface area contributed by atoms with Crippen LogP contribution < -0.4 is 16.0 Å². The van der Waals surface area contributed by atoms with Crippen LogP contribution >= 0.6 is 0 Å². The first-order valence-electron chi connectivity index (χ1n) is 16.9. The van der Waals surface area contributed by atoms with Crippen LogP contribution in [0.15, 0.2) is 97.3 Å². The van der Waals surface area contributed by atoms with Gasteiger partial charge in [0, 0.05) is 24.3 Å². The molecule has 2 amide bonds. The van der Waals surface area contributed by atoms with Crippen molar-refractivity contribution in [2.45, 2.75) is 101 Å². The van der Waals surface area contributed by atoms with Crippen molar-refractivity contribution in [3.63, 3.8) is 0 Å². The van der Waals surface area contributed by atoms with E-state index in [1.807, 2.05) is 26.8 Å². The standard InChI is InChI=1S/C39H51N3O8S/c1-8-23-50-36(47)39(51(48,49)38(5,6)7)22-16-15-21-29(39)26-31(42-37(2,3)4)34(44)40-30(24-27-17-11-9-12-18-27)33(43)41-32(35(45)46)25-28-19-13-10-14-20-28/h8-23,29-32,42H,24-26H2,1-7H3,(H,40,44)(H,41,43)(H,45,46)/t29?,30-,31-,32-,39?/m0/s1. The topological polar surface area (TPSA) is 168 Å². The Bertz CT molecular complexity index is 1720. The van der Waals surface area contributed by atoms with Gasteiger partial charge in [-0.2, -0.15) is 0 Å². The minimum Gasteiger partial charge on any atom is -0.480 e. The Hall–Kier alpha value is -4.55. The predicted octanol–water partition coefficient (Wildman–Crippen LogP) is 4.44. The zero-order valence-corrected chi connectivity index (χ0v) is 31.2. The Kier molecular flexibility index (Phi) is 13.7. The molecule has 0 bridgehead atoms. The van der Waals surface area contributed by atoms with E-state index in [0.29, 0.717) is 5.56 Å². The molecule has 0 aliphatic heterocycles. The SMILES string of the molecule is CC=COC(=O)C1(S(=O)(=O)C(C)(C)C)C=CC=CC1C[C@H](NC(C)(C)C)C(=O)N[C@@H](Cc1ccccc1)C(=O)N[C@@H](Cc1ccccc1)C(=O)O. The van der Waals surface area contributed by atoms with Crippen molar-refractivity contribution in [3.05, 3.63) is 108 Å². The van der Waals surface area contributed by atoms with Gasteiger partial charge in [-0.3, -0.25) is 9.59 Å². The van der Waals surface area contributed by atoms with Crippen molar-refractivity contribution in [3.8, 4) is 0 Å². The largest absolute Gasteiger partial charge is 0.480 e. The van der Waals surface area contributed by atoms with Crippen LogP contribution in [0.5, 0.6) is 0 Å². The minimum atomic E-state index is -4.31. The summed E-state index contributed by atoms with van der Waals surface area (Å²) in [6.45, 7) is 11.6. The molecule has 4 N–H and O–H groups in total. The number of hydrogen-bond acceptors (Lipinski definition) is 8. The minimum absolute atomic E-state index is 0.0251. The van der Waals surface area contributed by atoms with E-state index in [1.54, 1.807) is 73.7 Å². The third-order valence-electron chi connectivity index (χ3n) is 8.46. The first-order chi connectivity index (χ1) is 23.8. The van der Waals surface area contributed by atoms with Crippen LogP contribution in [0.2, 0.25) is 0 Å². The molecule has 12 heteroatoms. The lowest BCUT2D eigenvalue weighted by Gasteiger charge is -2.41. The smallest absolute Gasteiger partial charge is 0.336 e.